The molecule has 6 nitrogen and oxygen atoms in total. The van der Waals surface area contributed by atoms with Crippen LogP contribution in [-0.4, -0.2) is 22.5 Å². The Kier molecular flexibility index (Phi) is 5.14. The molecule has 1 aromatic heterocycles. The maximum atomic E-state index is 12.5. The smallest absolute Gasteiger partial charge is 0.261 e. The summed E-state index contributed by atoms with van der Waals surface area (Å²) in [5.74, 6) is -0.174. The summed E-state index contributed by atoms with van der Waals surface area (Å²) in [7, 11) is 1.77. The summed E-state index contributed by atoms with van der Waals surface area (Å²) in [5.41, 5.74) is 4.14. The molecule has 0 radical (unpaired) electrons. The molecule has 25 heavy (non-hydrogen) atoms. The minimum Gasteiger partial charge on any atom is -0.298 e. The van der Waals surface area contributed by atoms with Crippen LogP contribution in [0.5, 0.6) is 0 Å². The lowest BCUT2D eigenvalue weighted by molar-refractivity contribution is -0.121. The minimum atomic E-state index is -0.174. The molecule has 0 fully saturated rings. The number of carbonyl (C=O) groups excluding carboxylic acids is 1. The normalized spacial score (nSPS) is 10.6. The van der Waals surface area contributed by atoms with E-state index in [0.717, 1.165) is 10.2 Å². The highest BCUT2D eigenvalue weighted by Crippen LogP contribution is 2.15. The molecule has 0 unspecified atom stereocenters. The van der Waals surface area contributed by atoms with Gasteiger partial charge in [0, 0.05) is 24.5 Å². The van der Waals surface area contributed by atoms with Gasteiger partial charge in [0.1, 0.15) is 0 Å². The number of hydrazine groups is 1. The van der Waals surface area contributed by atoms with E-state index < -0.39 is 0 Å². The number of carbonyl (C=O) groups is 1. The molecule has 0 aliphatic heterocycles. The number of para-hydroxylation sites is 1. The number of hydrogen-bond acceptors (Lipinski definition) is 4. The fourth-order valence-electron chi connectivity index (χ4n) is 2.47. The van der Waals surface area contributed by atoms with E-state index in [1.165, 1.54) is 10.9 Å². The summed E-state index contributed by atoms with van der Waals surface area (Å²) in [5, 5.41) is 2.18. The van der Waals surface area contributed by atoms with Gasteiger partial charge in [-0.3, -0.25) is 24.6 Å². The molecule has 0 aliphatic rings. The number of hydrogen-bond donors (Lipinski definition) is 1. The molecule has 0 saturated carbocycles. The Morgan fingerprint density at radius 1 is 1.24 bits per heavy atom. The number of halogens is 1. The third-order valence-electron chi connectivity index (χ3n) is 3.80. The average Bonchev–Trinajstić information content (AvgIpc) is 2.62. The zero-order chi connectivity index (χ0) is 17.8. The Bertz CT molecular complexity index is 956. The summed E-state index contributed by atoms with van der Waals surface area (Å²) in [6.45, 7) is 0.267. The molecular weight excluding hydrogens is 384 g/mol. The first-order valence-corrected chi connectivity index (χ1v) is 8.57. The largest absolute Gasteiger partial charge is 0.298 e. The Balaban J connectivity index is 1.67. The summed E-state index contributed by atoms with van der Waals surface area (Å²) in [6.07, 6.45) is 1.66. The Morgan fingerprint density at radius 3 is 2.76 bits per heavy atom. The van der Waals surface area contributed by atoms with Crippen molar-refractivity contribution in [2.75, 3.05) is 12.1 Å². The van der Waals surface area contributed by atoms with E-state index in [0.29, 0.717) is 10.9 Å². The van der Waals surface area contributed by atoms with Crippen molar-refractivity contribution in [3.05, 3.63) is 69.7 Å². The van der Waals surface area contributed by atoms with Gasteiger partial charge in [-0.15, -0.1) is 0 Å². The van der Waals surface area contributed by atoms with Gasteiger partial charge in [0.05, 0.1) is 22.9 Å². The monoisotopic (exact) mass is 400 g/mol. The van der Waals surface area contributed by atoms with Crippen LogP contribution in [0.3, 0.4) is 0 Å². The zero-order valence-electron chi connectivity index (χ0n) is 13.6. The van der Waals surface area contributed by atoms with Crippen molar-refractivity contribution < 1.29 is 4.79 Å². The molecule has 0 atom stereocenters. The number of fused-ring (bicyclic) bond motifs is 1. The number of amides is 1. The van der Waals surface area contributed by atoms with E-state index in [1.807, 2.05) is 36.4 Å². The molecule has 3 aromatic rings. The van der Waals surface area contributed by atoms with Crippen molar-refractivity contribution in [2.24, 2.45) is 0 Å². The molecule has 1 amide bonds. The highest BCUT2D eigenvalue weighted by atomic mass is 79.9. The van der Waals surface area contributed by atoms with Crippen LogP contribution in [0, 0.1) is 0 Å². The topological polar surface area (TPSA) is 67.2 Å². The minimum absolute atomic E-state index is 0.157. The number of nitrogens with one attached hydrogen (secondary N) is 1. The highest BCUT2D eigenvalue weighted by Gasteiger charge is 2.09. The average molecular weight is 401 g/mol. The second-order valence-corrected chi connectivity index (χ2v) is 6.50. The van der Waals surface area contributed by atoms with Gasteiger partial charge in [-0.2, -0.15) is 0 Å². The Hall–Kier alpha value is -2.67. The third-order valence-corrected chi connectivity index (χ3v) is 4.29. The van der Waals surface area contributed by atoms with Gasteiger partial charge in [-0.05, 0) is 30.3 Å². The lowest BCUT2D eigenvalue weighted by Gasteiger charge is -2.20. The van der Waals surface area contributed by atoms with E-state index >= 15 is 0 Å². The van der Waals surface area contributed by atoms with Gasteiger partial charge >= 0.3 is 0 Å². The molecule has 0 saturated heterocycles. The van der Waals surface area contributed by atoms with Crippen LogP contribution >= 0.6 is 15.9 Å². The Morgan fingerprint density at radius 2 is 2.00 bits per heavy atom. The lowest BCUT2D eigenvalue weighted by Crippen LogP contribution is -2.40. The molecule has 2 aromatic carbocycles. The summed E-state index contributed by atoms with van der Waals surface area (Å²) in [6, 6.07) is 14.9. The van der Waals surface area contributed by atoms with Crippen LogP contribution in [0.4, 0.5) is 5.69 Å². The van der Waals surface area contributed by atoms with E-state index in [-0.39, 0.29) is 24.4 Å². The van der Waals surface area contributed by atoms with Gasteiger partial charge in [0.15, 0.2) is 0 Å². The van der Waals surface area contributed by atoms with Crippen LogP contribution in [0.25, 0.3) is 10.9 Å². The second kappa shape index (κ2) is 7.48. The van der Waals surface area contributed by atoms with Crippen molar-refractivity contribution >= 4 is 38.4 Å². The molecule has 1 N–H and O–H groups in total. The van der Waals surface area contributed by atoms with Crippen LogP contribution in [0.15, 0.2) is 64.1 Å². The van der Waals surface area contributed by atoms with Crippen molar-refractivity contribution in [3.63, 3.8) is 0 Å². The number of anilines is 1. The third kappa shape index (κ3) is 4.06. The molecule has 1 heterocycles. The highest BCUT2D eigenvalue weighted by molar-refractivity contribution is 9.10. The number of aromatic nitrogens is 2. The maximum Gasteiger partial charge on any atom is 0.261 e. The lowest BCUT2D eigenvalue weighted by atomic mass is 10.2. The van der Waals surface area contributed by atoms with Crippen molar-refractivity contribution in [2.45, 2.75) is 13.0 Å². The molecule has 0 spiro atoms. The number of nitrogens with zero attached hydrogens (tertiary/aromatic N) is 3. The standard InChI is InChI=1S/C18H17BrN4O2/c1-22(14-5-3-2-4-6-14)21-17(24)9-10-23-12-20-16-8-7-13(19)11-15(16)18(23)25/h2-8,11-12H,9-10H2,1H3,(H,21,24). The van der Waals surface area contributed by atoms with Crippen molar-refractivity contribution in [1.82, 2.24) is 15.0 Å². The van der Waals surface area contributed by atoms with E-state index in [1.54, 1.807) is 24.2 Å². The number of benzene rings is 2. The SMILES string of the molecule is CN(NC(=O)CCn1cnc2ccc(Br)cc2c1=O)c1ccccc1. The molecule has 7 heteroatoms. The predicted octanol–water partition coefficient (Wildman–Crippen LogP) is 2.72. The molecule has 3 rings (SSSR count). The first-order chi connectivity index (χ1) is 12.0. The fraction of sp³-hybridized carbons (Fsp3) is 0.167. The zero-order valence-corrected chi connectivity index (χ0v) is 15.2. The maximum absolute atomic E-state index is 12.5. The Labute approximate surface area is 153 Å². The van der Waals surface area contributed by atoms with Gasteiger partial charge in [0.2, 0.25) is 5.91 Å². The van der Waals surface area contributed by atoms with Gasteiger partial charge in [-0.25, -0.2) is 4.98 Å². The fourth-order valence-corrected chi connectivity index (χ4v) is 2.83. The summed E-state index contributed by atoms with van der Waals surface area (Å²) < 4.78 is 2.27. The number of aryl methyl sites for hydroxylation is 1. The first kappa shape index (κ1) is 17.2. The van der Waals surface area contributed by atoms with Gasteiger partial charge < -0.3 is 0 Å². The van der Waals surface area contributed by atoms with Gasteiger partial charge in [0.25, 0.3) is 5.56 Å². The summed E-state index contributed by atoms with van der Waals surface area (Å²) in [4.78, 5) is 28.9. The molecule has 128 valence electrons. The van der Waals surface area contributed by atoms with Gasteiger partial charge in [-0.1, -0.05) is 34.1 Å². The van der Waals surface area contributed by atoms with E-state index in [9.17, 15) is 9.59 Å². The summed E-state index contributed by atoms with van der Waals surface area (Å²) >= 11 is 3.36. The van der Waals surface area contributed by atoms with Crippen LogP contribution in [0.2, 0.25) is 0 Å². The first-order valence-electron chi connectivity index (χ1n) is 7.77. The quantitative estimate of drug-likeness (QED) is 0.668. The van der Waals surface area contributed by atoms with E-state index in [2.05, 4.69) is 26.3 Å². The van der Waals surface area contributed by atoms with Crippen LogP contribution in [-0.2, 0) is 11.3 Å². The van der Waals surface area contributed by atoms with Crippen LogP contribution in [0.1, 0.15) is 6.42 Å². The van der Waals surface area contributed by atoms with E-state index in [4.69, 9.17) is 0 Å². The number of rotatable bonds is 5. The van der Waals surface area contributed by atoms with Crippen LogP contribution < -0.4 is 16.0 Å². The molecule has 0 bridgehead atoms. The predicted molar refractivity (Wildman–Crippen MR) is 101 cm³/mol. The molecule has 0 aliphatic carbocycles. The molecular formula is C18H17BrN4O2. The van der Waals surface area contributed by atoms with Crippen molar-refractivity contribution in [3.8, 4) is 0 Å². The van der Waals surface area contributed by atoms with Crippen molar-refractivity contribution in [1.29, 1.82) is 0 Å². The second-order valence-electron chi connectivity index (χ2n) is 5.58.